The number of rotatable bonds is 5. The smallest absolute Gasteiger partial charge is 0.0944 e. The van der Waals surface area contributed by atoms with Crippen molar-refractivity contribution in [3.63, 3.8) is 0 Å². The van der Waals surface area contributed by atoms with Crippen LogP contribution in [0.15, 0.2) is 18.2 Å². The maximum atomic E-state index is 10.4. The predicted octanol–water partition coefficient (Wildman–Crippen LogP) is 2.26. The second-order valence-corrected chi connectivity index (χ2v) is 6.32. The molecule has 1 aromatic carbocycles. The molecule has 19 heavy (non-hydrogen) atoms. The molecule has 4 N–H and O–H groups in total. The molecule has 3 heteroatoms. The highest BCUT2D eigenvalue weighted by Gasteiger charge is 2.21. The van der Waals surface area contributed by atoms with Gasteiger partial charge in [0.15, 0.2) is 0 Å². The summed E-state index contributed by atoms with van der Waals surface area (Å²) in [5.41, 5.74) is 9.44. The van der Waals surface area contributed by atoms with Crippen LogP contribution in [0.5, 0.6) is 0 Å². The molecule has 0 amide bonds. The van der Waals surface area contributed by atoms with Crippen molar-refractivity contribution < 1.29 is 5.11 Å². The van der Waals surface area contributed by atoms with Crippen molar-refractivity contribution >= 4 is 0 Å². The average molecular weight is 264 g/mol. The number of nitrogens with two attached hydrogens (primary N) is 1. The van der Waals surface area contributed by atoms with Gasteiger partial charge in [-0.3, -0.25) is 0 Å². The monoisotopic (exact) mass is 264 g/mol. The first-order valence-corrected chi connectivity index (χ1v) is 6.96. The molecule has 0 radical (unpaired) electrons. The van der Waals surface area contributed by atoms with E-state index in [1.54, 1.807) is 0 Å². The fourth-order valence-electron chi connectivity index (χ4n) is 2.13. The number of hydrogen-bond donors (Lipinski definition) is 3. The minimum atomic E-state index is -0.601. The molecular formula is C16H28N2O. The lowest BCUT2D eigenvalue weighted by Crippen LogP contribution is -2.32. The molecule has 0 aliphatic carbocycles. The quantitative estimate of drug-likeness (QED) is 0.764. The van der Waals surface area contributed by atoms with Gasteiger partial charge in [-0.2, -0.15) is 0 Å². The van der Waals surface area contributed by atoms with Crippen LogP contribution in [0.4, 0.5) is 0 Å². The molecule has 0 heterocycles. The molecule has 3 nitrogen and oxygen atoms in total. The van der Waals surface area contributed by atoms with Crippen LogP contribution in [0.25, 0.3) is 0 Å². The second kappa shape index (κ2) is 6.51. The van der Waals surface area contributed by atoms with Gasteiger partial charge in [0, 0.05) is 6.04 Å². The summed E-state index contributed by atoms with van der Waals surface area (Å²) in [5, 5.41) is 13.5. The molecule has 0 fully saturated rings. The fraction of sp³-hybridized carbons (Fsp3) is 0.625. The Kier molecular flexibility index (Phi) is 5.53. The van der Waals surface area contributed by atoms with Crippen LogP contribution in [0.3, 0.4) is 0 Å². The Hall–Kier alpha value is -0.900. The van der Waals surface area contributed by atoms with E-state index in [-0.39, 0.29) is 11.5 Å². The van der Waals surface area contributed by atoms with Gasteiger partial charge < -0.3 is 16.2 Å². The summed E-state index contributed by atoms with van der Waals surface area (Å²) in [4.78, 5) is 0. The number of aliphatic hydroxyl groups excluding tert-OH is 1. The number of aliphatic hydroxyl groups is 1. The van der Waals surface area contributed by atoms with Gasteiger partial charge in [0.2, 0.25) is 0 Å². The molecule has 0 aliphatic rings. The highest BCUT2D eigenvalue weighted by Crippen LogP contribution is 2.28. The average Bonchev–Trinajstić information content (AvgIpc) is 2.34. The third kappa shape index (κ3) is 4.30. The predicted molar refractivity (Wildman–Crippen MR) is 81.4 cm³/mol. The minimum absolute atomic E-state index is 0.0806. The van der Waals surface area contributed by atoms with Gasteiger partial charge in [0.25, 0.3) is 0 Å². The molecule has 108 valence electrons. The van der Waals surface area contributed by atoms with E-state index >= 15 is 0 Å². The first-order chi connectivity index (χ1) is 8.77. The van der Waals surface area contributed by atoms with E-state index in [1.165, 1.54) is 5.56 Å². The van der Waals surface area contributed by atoms with Crippen molar-refractivity contribution in [2.45, 2.75) is 51.7 Å². The highest BCUT2D eigenvalue weighted by atomic mass is 16.3. The van der Waals surface area contributed by atoms with Gasteiger partial charge in [0.05, 0.1) is 6.10 Å². The van der Waals surface area contributed by atoms with E-state index in [4.69, 9.17) is 5.73 Å². The third-order valence-corrected chi connectivity index (χ3v) is 3.60. The Balaban J connectivity index is 2.98. The summed E-state index contributed by atoms with van der Waals surface area (Å²) in [7, 11) is 1.89. The topological polar surface area (TPSA) is 58.3 Å². The minimum Gasteiger partial charge on any atom is -0.387 e. The largest absolute Gasteiger partial charge is 0.387 e. The van der Waals surface area contributed by atoms with E-state index in [0.29, 0.717) is 0 Å². The molecule has 1 rings (SSSR count). The van der Waals surface area contributed by atoms with Crippen LogP contribution in [0.2, 0.25) is 0 Å². The van der Waals surface area contributed by atoms with E-state index in [2.05, 4.69) is 44.3 Å². The fourth-order valence-corrected chi connectivity index (χ4v) is 2.13. The molecule has 0 spiro atoms. The summed E-state index contributed by atoms with van der Waals surface area (Å²) in [6.07, 6.45) is 0.160. The van der Waals surface area contributed by atoms with Crippen molar-refractivity contribution in [3.05, 3.63) is 34.9 Å². The van der Waals surface area contributed by atoms with Gasteiger partial charge in [-0.15, -0.1) is 0 Å². The summed E-state index contributed by atoms with van der Waals surface area (Å²) < 4.78 is 0. The summed E-state index contributed by atoms with van der Waals surface area (Å²) in [6.45, 7) is 9.37. The second-order valence-electron chi connectivity index (χ2n) is 6.32. The van der Waals surface area contributed by atoms with Crippen molar-refractivity contribution in [1.29, 1.82) is 0 Å². The van der Waals surface area contributed by atoms with E-state index in [0.717, 1.165) is 24.1 Å². The van der Waals surface area contributed by atoms with Gasteiger partial charge in [0.1, 0.15) is 0 Å². The number of nitrogens with one attached hydrogen (secondary N) is 1. The zero-order chi connectivity index (χ0) is 14.6. The Morgan fingerprint density at radius 1 is 1.32 bits per heavy atom. The Morgan fingerprint density at radius 2 is 1.95 bits per heavy atom. The Morgan fingerprint density at radius 3 is 2.47 bits per heavy atom. The van der Waals surface area contributed by atoms with E-state index in [9.17, 15) is 5.11 Å². The lowest BCUT2D eigenvalue weighted by atomic mass is 9.83. The van der Waals surface area contributed by atoms with Crippen LogP contribution in [0, 0.1) is 6.92 Å². The first kappa shape index (κ1) is 16.2. The van der Waals surface area contributed by atoms with Crippen molar-refractivity contribution in [2.75, 3.05) is 13.6 Å². The molecule has 0 aromatic heterocycles. The molecule has 0 saturated carbocycles. The molecule has 0 saturated heterocycles. The zero-order valence-electron chi connectivity index (χ0n) is 12.8. The lowest BCUT2D eigenvalue weighted by Gasteiger charge is -2.25. The molecule has 2 atom stereocenters. The van der Waals surface area contributed by atoms with Crippen molar-refractivity contribution in [1.82, 2.24) is 5.32 Å². The van der Waals surface area contributed by atoms with Crippen molar-refractivity contribution in [3.8, 4) is 0 Å². The zero-order valence-corrected chi connectivity index (χ0v) is 12.8. The molecule has 0 bridgehead atoms. The van der Waals surface area contributed by atoms with Crippen LogP contribution >= 0.6 is 0 Å². The maximum Gasteiger partial charge on any atom is 0.0944 e. The van der Waals surface area contributed by atoms with Crippen molar-refractivity contribution in [2.24, 2.45) is 5.73 Å². The van der Waals surface area contributed by atoms with Crippen LogP contribution in [0.1, 0.15) is 50.0 Å². The molecular weight excluding hydrogens is 236 g/mol. The van der Waals surface area contributed by atoms with E-state index < -0.39 is 6.10 Å². The first-order valence-electron chi connectivity index (χ1n) is 6.96. The normalized spacial score (nSPS) is 15.3. The summed E-state index contributed by atoms with van der Waals surface area (Å²) >= 11 is 0. The summed E-state index contributed by atoms with van der Waals surface area (Å²) in [5.74, 6) is 0. The number of aryl methyl sites for hydroxylation is 1. The third-order valence-electron chi connectivity index (χ3n) is 3.60. The van der Waals surface area contributed by atoms with Crippen LogP contribution < -0.4 is 11.1 Å². The van der Waals surface area contributed by atoms with Crippen LogP contribution in [-0.4, -0.2) is 24.7 Å². The number of benzene rings is 1. The summed E-state index contributed by atoms with van der Waals surface area (Å²) in [6, 6.07) is 6.06. The maximum absolute atomic E-state index is 10.4. The number of hydrogen-bond acceptors (Lipinski definition) is 3. The lowest BCUT2D eigenvalue weighted by molar-refractivity contribution is 0.141. The SMILES string of the molecule is CNCCC(N)C(O)c1cc(C(C)(C)C)ccc1C. The van der Waals surface area contributed by atoms with E-state index in [1.807, 2.05) is 14.0 Å². The van der Waals surface area contributed by atoms with Crippen LogP contribution in [-0.2, 0) is 5.41 Å². The molecule has 1 aromatic rings. The molecule has 0 aliphatic heterocycles. The standard InChI is InChI=1S/C16H28N2O/c1-11-6-7-12(16(2,3)4)10-13(11)15(19)14(17)8-9-18-5/h6-7,10,14-15,18-19H,8-9,17H2,1-5H3. The Labute approximate surface area is 117 Å². The molecule has 2 unspecified atom stereocenters. The van der Waals surface area contributed by atoms with Gasteiger partial charge in [-0.1, -0.05) is 39.0 Å². The van der Waals surface area contributed by atoms with Gasteiger partial charge in [-0.25, -0.2) is 0 Å². The van der Waals surface area contributed by atoms with Gasteiger partial charge >= 0.3 is 0 Å². The Bertz CT molecular complexity index is 410. The van der Waals surface area contributed by atoms with Gasteiger partial charge in [-0.05, 0) is 49.0 Å². The highest BCUT2D eigenvalue weighted by molar-refractivity contribution is 5.36.